The number of nitrogens with one attached hydrogen (secondary N) is 1. The van der Waals surface area contributed by atoms with Crippen molar-refractivity contribution in [2.45, 2.75) is 18.8 Å². The molecule has 4 nitrogen and oxygen atoms in total. The lowest BCUT2D eigenvalue weighted by molar-refractivity contribution is 0.588. The van der Waals surface area contributed by atoms with E-state index in [0.29, 0.717) is 5.92 Å². The fourth-order valence-electron chi connectivity index (χ4n) is 2.88. The van der Waals surface area contributed by atoms with Gasteiger partial charge < -0.3 is 10.2 Å². The fraction of sp³-hybridized carbons (Fsp3) is 0.412. The van der Waals surface area contributed by atoms with Crippen molar-refractivity contribution < 1.29 is 4.39 Å². The average Bonchev–Trinajstić information content (AvgIpc) is 3.41. The molecular formula is C17H19FN4. The molecule has 2 aliphatic rings. The molecule has 2 heterocycles. The molecule has 1 N–H and O–H groups in total. The van der Waals surface area contributed by atoms with E-state index in [-0.39, 0.29) is 5.82 Å². The van der Waals surface area contributed by atoms with Crippen LogP contribution in [0.3, 0.4) is 0 Å². The maximum atomic E-state index is 13.2. The summed E-state index contributed by atoms with van der Waals surface area (Å²) in [5.41, 5.74) is 2.94. The quantitative estimate of drug-likeness (QED) is 0.945. The zero-order valence-corrected chi connectivity index (χ0v) is 12.4. The molecule has 2 aromatic rings. The third-order valence-corrected chi connectivity index (χ3v) is 4.31. The monoisotopic (exact) mass is 298 g/mol. The molecule has 0 amide bonds. The predicted molar refractivity (Wildman–Crippen MR) is 84.5 cm³/mol. The number of benzene rings is 1. The van der Waals surface area contributed by atoms with E-state index in [9.17, 15) is 4.39 Å². The SMILES string of the molecule is Fc1ccc(-c2nc(C3CC3)ncc2N2CCNCC2)cc1. The summed E-state index contributed by atoms with van der Waals surface area (Å²) in [5, 5.41) is 3.36. The first-order valence-electron chi connectivity index (χ1n) is 7.90. The van der Waals surface area contributed by atoms with Crippen LogP contribution < -0.4 is 10.2 Å². The summed E-state index contributed by atoms with van der Waals surface area (Å²) in [4.78, 5) is 11.7. The summed E-state index contributed by atoms with van der Waals surface area (Å²) >= 11 is 0. The van der Waals surface area contributed by atoms with Crippen molar-refractivity contribution in [3.63, 3.8) is 0 Å². The van der Waals surface area contributed by atoms with Crippen LogP contribution in [0.25, 0.3) is 11.3 Å². The second-order valence-corrected chi connectivity index (χ2v) is 5.98. The molecule has 0 unspecified atom stereocenters. The van der Waals surface area contributed by atoms with Crippen LogP contribution in [0.5, 0.6) is 0 Å². The van der Waals surface area contributed by atoms with Crippen LogP contribution in [0.4, 0.5) is 10.1 Å². The van der Waals surface area contributed by atoms with Gasteiger partial charge in [0.15, 0.2) is 0 Å². The molecule has 0 radical (unpaired) electrons. The molecule has 0 atom stereocenters. The van der Waals surface area contributed by atoms with Gasteiger partial charge in [-0.15, -0.1) is 0 Å². The van der Waals surface area contributed by atoms with Gasteiger partial charge in [0, 0.05) is 37.7 Å². The van der Waals surface area contributed by atoms with E-state index < -0.39 is 0 Å². The smallest absolute Gasteiger partial charge is 0.132 e. The molecule has 1 aliphatic heterocycles. The van der Waals surface area contributed by atoms with E-state index in [1.54, 1.807) is 12.1 Å². The van der Waals surface area contributed by atoms with Gasteiger partial charge in [0.2, 0.25) is 0 Å². The molecule has 1 saturated heterocycles. The van der Waals surface area contributed by atoms with Crippen molar-refractivity contribution in [1.82, 2.24) is 15.3 Å². The molecule has 1 aromatic heterocycles. The minimum absolute atomic E-state index is 0.219. The van der Waals surface area contributed by atoms with Crippen LogP contribution in [0.15, 0.2) is 30.5 Å². The molecule has 114 valence electrons. The van der Waals surface area contributed by atoms with E-state index in [1.165, 1.54) is 25.0 Å². The number of aromatic nitrogens is 2. The Morgan fingerprint density at radius 3 is 2.50 bits per heavy atom. The molecule has 22 heavy (non-hydrogen) atoms. The van der Waals surface area contributed by atoms with Crippen LogP contribution in [0, 0.1) is 5.82 Å². The Kier molecular flexibility index (Phi) is 3.50. The number of halogens is 1. The molecule has 1 aliphatic carbocycles. The maximum absolute atomic E-state index is 13.2. The predicted octanol–water partition coefficient (Wildman–Crippen LogP) is 2.57. The van der Waals surface area contributed by atoms with Crippen LogP contribution in [-0.2, 0) is 0 Å². The largest absolute Gasteiger partial charge is 0.366 e. The minimum Gasteiger partial charge on any atom is -0.366 e. The molecule has 2 fully saturated rings. The number of rotatable bonds is 3. The molecular weight excluding hydrogens is 279 g/mol. The van der Waals surface area contributed by atoms with Gasteiger partial charge in [-0.1, -0.05) is 0 Å². The standard InChI is InChI=1S/C17H19FN4/c18-14-5-3-12(4-6-14)16-15(22-9-7-19-8-10-22)11-20-17(21-16)13-1-2-13/h3-6,11,13,19H,1-2,7-10H2. The Morgan fingerprint density at radius 2 is 1.82 bits per heavy atom. The summed E-state index contributed by atoms with van der Waals surface area (Å²) in [5.74, 6) is 1.22. The van der Waals surface area contributed by atoms with Crippen molar-refractivity contribution >= 4 is 5.69 Å². The Hall–Kier alpha value is -2.01. The third-order valence-electron chi connectivity index (χ3n) is 4.31. The summed E-state index contributed by atoms with van der Waals surface area (Å²) < 4.78 is 13.2. The van der Waals surface area contributed by atoms with Gasteiger partial charge in [-0.2, -0.15) is 0 Å². The molecule has 1 aromatic carbocycles. The second kappa shape index (κ2) is 5.65. The normalized spacial score (nSPS) is 18.5. The van der Waals surface area contributed by atoms with Crippen LogP contribution in [0.2, 0.25) is 0 Å². The Balaban J connectivity index is 1.77. The third kappa shape index (κ3) is 2.68. The van der Waals surface area contributed by atoms with E-state index in [4.69, 9.17) is 4.98 Å². The molecule has 5 heteroatoms. The van der Waals surface area contributed by atoms with Gasteiger partial charge in [0.1, 0.15) is 11.6 Å². The topological polar surface area (TPSA) is 41.1 Å². The van der Waals surface area contributed by atoms with Crippen LogP contribution in [0.1, 0.15) is 24.6 Å². The van der Waals surface area contributed by atoms with E-state index in [0.717, 1.165) is 48.9 Å². The Morgan fingerprint density at radius 1 is 1.09 bits per heavy atom. The van der Waals surface area contributed by atoms with E-state index in [2.05, 4.69) is 15.2 Å². The summed E-state index contributed by atoms with van der Waals surface area (Å²) in [6.45, 7) is 3.82. The Bertz CT molecular complexity index is 661. The van der Waals surface area contributed by atoms with E-state index in [1.807, 2.05) is 6.20 Å². The van der Waals surface area contributed by atoms with Crippen molar-refractivity contribution in [3.05, 3.63) is 42.1 Å². The highest BCUT2D eigenvalue weighted by Crippen LogP contribution is 2.40. The number of hydrogen-bond donors (Lipinski definition) is 1. The summed E-state index contributed by atoms with van der Waals surface area (Å²) in [6, 6.07) is 6.60. The van der Waals surface area contributed by atoms with Gasteiger partial charge in [-0.25, -0.2) is 14.4 Å². The molecule has 0 bridgehead atoms. The number of piperazine rings is 1. The highest BCUT2D eigenvalue weighted by molar-refractivity contribution is 5.74. The first-order chi connectivity index (χ1) is 10.8. The fourth-order valence-corrected chi connectivity index (χ4v) is 2.88. The average molecular weight is 298 g/mol. The lowest BCUT2D eigenvalue weighted by atomic mass is 10.1. The molecule has 4 rings (SSSR count). The maximum Gasteiger partial charge on any atom is 0.132 e. The molecule has 1 saturated carbocycles. The van der Waals surface area contributed by atoms with Gasteiger partial charge in [-0.05, 0) is 37.1 Å². The second-order valence-electron chi connectivity index (χ2n) is 5.98. The summed E-state index contributed by atoms with van der Waals surface area (Å²) in [6.07, 6.45) is 4.30. The van der Waals surface area contributed by atoms with Gasteiger partial charge in [0.25, 0.3) is 0 Å². The lowest BCUT2D eigenvalue weighted by Gasteiger charge is -2.30. The van der Waals surface area contributed by atoms with Crippen molar-refractivity contribution in [2.24, 2.45) is 0 Å². The summed E-state index contributed by atoms with van der Waals surface area (Å²) in [7, 11) is 0. The van der Waals surface area contributed by atoms with Crippen molar-refractivity contribution in [3.8, 4) is 11.3 Å². The Labute approximate surface area is 129 Å². The highest BCUT2D eigenvalue weighted by Gasteiger charge is 2.28. The number of hydrogen-bond acceptors (Lipinski definition) is 4. The zero-order chi connectivity index (χ0) is 14.9. The molecule has 0 spiro atoms. The van der Waals surface area contributed by atoms with Gasteiger partial charge in [-0.3, -0.25) is 0 Å². The first kappa shape index (κ1) is 13.6. The van der Waals surface area contributed by atoms with Gasteiger partial charge >= 0.3 is 0 Å². The zero-order valence-electron chi connectivity index (χ0n) is 12.4. The van der Waals surface area contributed by atoms with Crippen LogP contribution >= 0.6 is 0 Å². The van der Waals surface area contributed by atoms with Crippen molar-refractivity contribution in [1.29, 1.82) is 0 Å². The lowest BCUT2D eigenvalue weighted by Crippen LogP contribution is -2.43. The minimum atomic E-state index is -0.219. The van der Waals surface area contributed by atoms with Crippen molar-refractivity contribution in [2.75, 3.05) is 31.1 Å². The van der Waals surface area contributed by atoms with Gasteiger partial charge in [0.05, 0.1) is 17.6 Å². The number of nitrogens with zero attached hydrogens (tertiary/aromatic N) is 3. The number of anilines is 1. The highest BCUT2D eigenvalue weighted by atomic mass is 19.1. The van der Waals surface area contributed by atoms with Crippen LogP contribution in [-0.4, -0.2) is 36.1 Å². The first-order valence-corrected chi connectivity index (χ1v) is 7.90. The van der Waals surface area contributed by atoms with E-state index >= 15 is 0 Å².